The third-order valence-electron chi connectivity index (χ3n) is 4.16. The van der Waals surface area contributed by atoms with Crippen LogP contribution in [0.25, 0.3) is 11.0 Å². The number of hydrogen-bond acceptors (Lipinski definition) is 7. The van der Waals surface area contributed by atoms with E-state index < -0.39 is 0 Å². The Bertz CT molecular complexity index is 870. The minimum absolute atomic E-state index is 0.0861. The molecule has 1 aliphatic rings. The molecule has 0 aromatic carbocycles. The summed E-state index contributed by atoms with van der Waals surface area (Å²) >= 11 is 0. The number of hydrogen-bond donors (Lipinski definition) is 0. The predicted octanol–water partition coefficient (Wildman–Crippen LogP) is 0.116. The molecule has 9 heteroatoms. The number of aromatic nitrogens is 6. The minimum atomic E-state index is -0.0861. The molecule has 0 radical (unpaired) electrons. The molecule has 3 aromatic rings. The summed E-state index contributed by atoms with van der Waals surface area (Å²) in [6, 6.07) is 0. The van der Waals surface area contributed by atoms with E-state index in [0.29, 0.717) is 31.9 Å². The summed E-state index contributed by atoms with van der Waals surface area (Å²) in [5, 5.41) is 5.17. The average Bonchev–Trinajstić information content (AvgIpc) is 3.03. The first-order valence-electron chi connectivity index (χ1n) is 7.67. The van der Waals surface area contributed by atoms with E-state index in [2.05, 4.69) is 29.9 Å². The third kappa shape index (κ3) is 2.43. The number of carbonyl (C=O) groups is 1. The van der Waals surface area contributed by atoms with Crippen LogP contribution in [-0.4, -0.2) is 66.7 Å². The van der Waals surface area contributed by atoms with Gasteiger partial charge in [0.15, 0.2) is 5.65 Å². The first-order chi connectivity index (χ1) is 11.7. The lowest BCUT2D eigenvalue weighted by atomic mass is 10.2. The largest absolute Gasteiger partial charge is 0.352 e. The standard InChI is InChI=1S/C15H16N8O/c1-21-13-11(8-20-21)14(19-10-18-13)22-4-6-23(7-5-22)15(24)12-9-16-2-3-17-12/h2-3,8-10H,4-7H2,1H3. The molecule has 1 fully saturated rings. The van der Waals surface area contributed by atoms with Crippen LogP contribution in [0.3, 0.4) is 0 Å². The number of rotatable bonds is 2. The van der Waals surface area contributed by atoms with Crippen molar-refractivity contribution in [1.82, 2.24) is 34.6 Å². The van der Waals surface area contributed by atoms with Crippen molar-refractivity contribution >= 4 is 22.8 Å². The summed E-state index contributed by atoms with van der Waals surface area (Å²) in [6.45, 7) is 2.63. The summed E-state index contributed by atoms with van der Waals surface area (Å²) in [4.78, 5) is 33.1. The zero-order valence-corrected chi connectivity index (χ0v) is 13.2. The van der Waals surface area contributed by atoms with Crippen molar-refractivity contribution in [3.8, 4) is 0 Å². The average molecular weight is 324 g/mol. The van der Waals surface area contributed by atoms with Gasteiger partial charge in [0.05, 0.1) is 17.8 Å². The molecule has 24 heavy (non-hydrogen) atoms. The van der Waals surface area contributed by atoms with Crippen molar-refractivity contribution in [2.45, 2.75) is 0 Å². The maximum atomic E-state index is 12.4. The fraction of sp³-hybridized carbons (Fsp3) is 0.333. The summed E-state index contributed by atoms with van der Waals surface area (Å²) in [5.74, 6) is 0.775. The highest BCUT2D eigenvalue weighted by Gasteiger charge is 2.25. The van der Waals surface area contributed by atoms with Gasteiger partial charge in [0.25, 0.3) is 5.91 Å². The molecule has 0 bridgehead atoms. The van der Waals surface area contributed by atoms with Crippen LogP contribution in [0.1, 0.15) is 10.5 Å². The zero-order valence-electron chi connectivity index (χ0n) is 13.2. The van der Waals surface area contributed by atoms with E-state index in [1.807, 2.05) is 7.05 Å². The highest BCUT2D eigenvalue weighted by Crippen LogP contribution is 2.23. The fourth-order valence-electron chi connectivity index (χ4n) is 2.89. The van der Waals surface area contributed by atoms with Crippen LogP contribution in [0, 0.1) is 0 Å². The smallest absolute Gasteiger partial charge is 0.274 e. The van der Waals surface area contributed by atoms with Gasteiger partial charge < -0.3 is 9.80 Å². The van der Waals surface area contributed by atoms with Gasteiger partial charge in [-0.15, -0.1) is 0 Å². The Morgan fingerprint density at radius 2 is 1.88 bits per heavy atom. The van der Waals surface area contributed by atoms with Gasteiger partial charge in [-0.1, -0.05) is 0 Å². The molecule has 0 spiro atoms. The predicted molar refractivity (Wildman–Crippen MR) is 86.5 cm³/mol. The second-order valence-electron chi connectivity index (χ2n) is 5.57. The Morgan fingerprint density at radius 3 is 2.62 bits per heavy atom. The molecule has 0 unspecified atom stereocenters. The van der Waals surface area contributed by atoms with Crippen LogP contribution in [-0.2, 0) is 7.05 Å². The van der Waals surface area contributed by atoms with Crippen LogP contribution in [0.4, 0.5) is 5.82 Å². The van der Waals surface area contributed by atoms with Crippen LogP contribution >= 0.6 is 0 Å². The Labute approximate surface area is 138 Å². The summed E-state index contributed by atoms with van der Waals surface area (Å²) in [6.07, 6.45) is 7.92. The number of anilines is 1. The first-order valence-corrected chi connectivity index (χ1v) is 7.67. The Morgan fingerprint density at radius 1 is 1.04 bits per heavy atom. The van der Waals surface area contributed by atoms with E-state index >= 15 is 0 Å². The second kappa shape index (κ2) is 5.84. The number of fused-ring (bicyclic) bond motifs is 1. The quantitative estimate of drug-likeness (QED) is 0.661. The highest BCUT2D eigenvalue weighted by atomic mass is 16.2. The highest BCUT2D eigenvalue weighted by molar-refractivity contribution is 5.92. The molecule has 0 aliphatic carbocycles. The Kier molecular flexibility index (Phi) is 3.52. The molecule has 9 nitrogen and oxygen atoms in total. The van der Waals surface area contributed by atoms with Crippen molar-refractivity contribution < 1.29 is 4.79 Å². The molecule has 122 valence electrons. The van der Waals surface area contributed by atoms with Crippen molar-refractivity contribution in [1.29, 1.82) is 0 Å². The van der Waals surface area contributed by atoms with Gasteiger partial charge in [-0.2, -0.15) is 5.10 Å². The molecule has 4 heterocycles. The maximum Gasteiger partial charge on any atom is 0.274 e. The third-order valence-corrected chi connectivity index (χ3v) is 4.16. The zero-order chi connectivity index (χ0) is 16.5. The van der Waals surface area contributed by atoms with Gasteiger partial charge in [-0.05, 0) is 0 Å². The van der Waals surface area contributed by atoms with Crippen LogP contribution in [0.15, 0.2) is 31.1 Å². The van der Waals surface area contributed by atoms with Crippen molar-refractivity contribution in [3.63, 3.8) is 0 Å². The van der Waals surface area contributed by atoms with Crippen molar-refractivity contribution in [3.05, 3.63) is 36.8 Å². The summed E-state index contributed by atoms with van der Waals surface area (Å²) < 4.78 is 1.73. The SMILES string of the molecule is Cn1ncc2c(N3CCN(C(=O)c4cnccn4)CC3)ncnc21. The summed E-state index contributed by atoms with van der Waals surface area (Å²) in [7, 11) is 1.86. The Hall–Kier alpha value is -3.10. The number of aryl methyl sites for hydroxylation is 1. The molecule has 3 aromatic heterocycles. The Balaban J connectivity index is 1.51. The van der Waals surface area contributed by atoms with Crippen molar-refractivity contribution in [2.75, 3.05) is 31.1 Å². The minimum Gasteiger partial charge on any atom is -0.352 e. The normalized spacial score (nSPS) is 15.0. The van der Waals surface area contributed by atoms with Gasteiger partial charge >= 0.3 is 0 Å². The molecular weight excluding hydrogens is 308 g/mol. The molecule has 0 saturated carbocycles. The monoisotopic (exact) mass is 324 g/mol. The molecule has 1 saturated heterocycles. The molecular formula is C15H16N8O. The summed E-state index contributed by atoms with van der Waals surface area (Å²) in [5.41, 5.74) is 1.18. The number of carbonyl (C=O) groups excluding carboxylic acids is 1. The molecule has 4 rings (SSSR count). The first kappa shape index (κ1) is 14.5. The van der Waals surface area contributed by atoms with Gasteiger partial charge in [0.1, 0.15) is 17.8 Å². The maximum absolute atomic E-state index is 12.4. The van der Waals surface area contributed by atoms with Gasteiger partial charge in [-0.25, -0.2) is 15.0 Å². The molecule has 1 aliphatic heterocycles. The van der Waals surface area contributed by atoms with Gasteiger partial charge in [0.2, 0.25) is 0 Å². The van der Waals surface area contributed by atoms with Gasteiger partial charge in [0, 0.05) is 45.6 Å². The number of amides is 1. The van der Waals surface area contributed by atoms with E-state index in [0.717, 1.165) is 16.9 Å². The lowest BCUT2D eigenvalue weighted by molar-refractivity contribution is 0.0740. The fourth-order valence-corrected chi connectivity index (χ4v) is 2.89. The van der Waals surface area contributed by atoms with E-state index in [1.165, 1.54) is 12.4 Å². The molecule has 0 N–H and O–H groups in total. The number of piperazine rings is 1. The topological polar surface area (TPSA) is 92.9 Å². The lowest BCUT2D eigenvalue weighted by Crippen LogP contribution is -2.49. The molecule has 1 amide bonds. The van der Waals surface area contributed by atoms with E-state index in [-0.39, 0.29) is 5.91 Å². The van der Waals surface area contributed by atoms with Gasteiger partial charge in [-0.3, -0.25) is 14.5 Å². The van der Waals surface area contributed by atoms with Crippen molar-refractivity contribution in [2.24, 2.45) is 7.05 Å². The van der Waals surface area contributed by atoms with Crippen LogP contribution < -0.4 is 4.90 Å². The second-order valence-corrected chi connectivity index (χ2v) is 5.57. The molecule has 0 atom stereocenters. The van der Waals surface area contributed by atoms with E-state index in [9.17, 15) is 4.79 Å². The van der Waals surface area contributed by atoms with E-state index in [1.54, 1.807) is 28.3 Å². The van der Waals surface area contributed by atoms with Crippen LogP contribution in [0.5, 0.6) is 0 Å². The number of nitrogens with zero attached hydrogens (tertiary/aromatic N) is 8. The lowest BCUT2D eigenvalue weighted by Gasteiger charge is -2.35. The van der Waals surface area contributed by atoms with E-state index in [4.69, 9.17) is 0 Å². The van der Waals surface area contributed by atoms with Crippen LogP contribution in [0.2, 0.25) is 0 Å².